The molecule has 1 aromatic heterocycles. The molecule has 2 heterocycles. The van der Waals surface area contributed by atoms with Crippen molar-refractivity contribution in [1.82, 2.24) is 14.8 Å². The first-order valence-corrected chi connectivity index (χ1v) is 7.61. The van der Waals surface area contributed by atoms with Gasteiger partial charge in [-0.25, -0.2) is 0 Å². The number of carbonyl (C=O) groups excluding carboxylic acids is 1. The fourth-order valence-electron chi connectivity index (χ4n) is 2.46. The van der Waals surface area contributed by atoms with Crippen LogP contribution in [0, 0.1) is 0 Å². The summed E-state index contributed by atoms with van der Waals surface area (Å²) in [6, 6.07) is 2.09. The fourth-order valence-corrected chi connectivity index (χ4v) is 2.46. The summed E-state index contributed by atoms with van der Waals surface area (Å²) < 4.78 is 2.00. The quantitative estimate of drug-likeness (QED) is 0.917. The van der Waals surface area contributed by atoms with Gasteiger partial charge in [-0.2, -0.15) is 0 Å². The highest BCUT2D eigenvalue weighted by Gasteiger charge is 2.16. The van der Waals surface area contributed by atoms with Crippen molar-refractivity contribution in [3.8, 4) is 0 Å². The van der Waals surface area contributed by atoms with Gasteiger partial charge in [-0.15, -0.1) is 0 Å². The van der Waals surface area contributed by atoms with E-state index in [9.17, 15) is 4.79 Å². The lowest BCUT2D eigenvalue weighted by Gasteiger charge is -2.26. The number of carbonyl (C=O) groups is 1. The molecule has 0 unspecified atom stereocenters. The second-order valence-corrected chi connectivity index (χ2v) is 6.74. The minimum atomic E-state index is 0.117. The summed E-state index contributed by atoms with van der Waals surface area (Å²) in [5.74, 6) is 0.246. The Morgan fingerprint density at radius 2 is 1.95 bits per heavy atom. The molecule has 2 rings (SSSR count). The van der Waals surface area contributed by atoms with Crippen LogP contribution in [0.15, 0.2) is 18.5 Å². The molecular weight excluding hydrogens is 250 g/mol. The Morgan fingerprint density at radius 1 is 1.25 bits per heavy atom. The van der Waals surface area contributed by atoms with Crippen LogP contribution in [-0.4, -0.2) is 34.0 Å². The highest BCUT2D eigenvalue weighted by Crippen LogP contribution is 2.10. The molecule has 1 aliphatic rings. The highest BCUT2D eigenvalue weighted by atomic mass is 16.2. The number of rotatable bonds is 4. The van der Waals surface area contributed by atoms with E-state index in [1.807, 2.05) is 15.7 Å². The smallest absolute Gasteiger partial charge is 0.242 e. The number of amides is 1. The number of hydrogen-bond acceptors (Lipinski definition) is 2. The highest BCUT2D eigenvalue weighted by molar-refractivity contribution is 5.76. The van der Waals surface area contributed by atoms with E-state index in [4.69, 9.17) is 0 Å². The molecule has 0 aromatic carbocycles. The van der Waals surface area contributed by atoms with Gasteiger partial charge in [0.2, 0.25) is 5.91 Å². The molecular formula is C16H27N3O. The average molecular weight is 277 g/mol. The third-order valence-corrected chi connectivity index (χ3v) is 3.66. The maximum absolute atomic E-state index is 12.2. The van der Waals surface area contributed by atoms with Crippen LogP contribution in [0.5, 0.6) is 0 Å². The molecule has 112 valence electrons. The van der Waals surface area contributed by atoms with Crippen molar-refractivity contribution in [3.63, 3.8) is 0 Å². The lowest BCUT2D eigenvalue weighted by molar-refractivity contribution is -0.132. The van der Waals surface area contributed by atoms with Crippen LogP contribution in [0.1, 0.15) is 45.6 Å². The molecule has 0 atom stereocenters. The van der Waals surface area contributed by atoms with Gasteiger partial charge in [-0.3, -0.25) is 4.79 Å². The second kappa shape index (κ2) is 6.44. The first-order chi connectivity index (χ1) is 9.44. The minimum Gasteiger partial charge on any atom is -0.345 e. The van der Waals surface area contributed by atoms with E-state index >= 15 is 0 Å². The van der Waals surface area contributed by atoms with Crippen molar-refractivity contribution in [2.24, 2.45) is 0 Å². The lowest BCUT2D eigenvalue weighted by Crippen LogP contribution is -2.37. The van der Waals surface area contributed by atoms with Crippen LogP contribution in [-0.2, 0) is 17.9 Å². The molecule has 1 amide bonds. The summed E-state index contributed by atoms with van der Waals surface area (Å²) in [5, 5.41) is 3.46. The molecule has 0 radical (unpaired) electrons. The largest absolute Gasteiger partial charge is 0.345 e. The van der Waals surface area contributed by atoms with Gasteiger partial charge in [0.15, 0.2) is 0 Å². The monoisotopic (exact) mass is 277 g/mol. The molecule has 20 heavy (non-hydrogen) atoms. The van der Waals surface area contributed by atoms with Gasteiger partial charge in [-0.05, 0) is 51.7 Å². The third-order valence-electron chi connectivity index (χ3n) is 3.66. The summed E-state index contributed by atoms with van der Waals surface area (Å²) in [4.78, 5) is 14.2. The van der Waals surface area contributed by atoms with E-state index in [1.54, 1.807) is 0 Å². The van der Waals surface area contributed by atoms with Crippen molar-refractivity contribution in [3.05, 3.63) is 24.0 Å². The van der Waals surface area contributed by atoms with Crippen LogP contribution >= 0.6 is 0 Å². The van der Waals surface area contributed by atoms with Crippen LogP contribution in [0.2, 0.25) is 0 Å². The number of likely N-dealkylation sites (tertiary alicyclic amines) is 1. The molecule has 1 N–H and O–H groups in total. The third kappa shape index (κ3) is 4.67. The number of piperidine rings is 1. The Labute approximate surface area is 122 Å². The molecule has 1 fully saturated rings. The number of nitrogens with one attached hydrogen (secondary N) is 1. The minimum absolute atomic E-state index is 0.117. The predicted octanol–water partition coefficient (Wildman–Crippen LogP) is 2.39. The molecule has 1 aromatic rings. The molecule has 0 bridgehead atoms. The molecule has 1 aliphatic heterocycles. The molecule has 1 saturated heterocycles. The molecule has 0 spiro atoms. The van der Waals surface area contributed by atoms with E-state index < -0.39 is 0 Å². The van der Waals surface area contributed by atoms with Crippen LogP contribution in [0.3, 0.4) is 0 Å². The maximum atomic E-state index is 12.2. The zero-order valence-corrected chi connectivity index (χ0v) is 13.0. The zero-order valence-electron chi connectivity index (χ0n) is 13.0. The number of nitrogens with zero attached hydrogens (tertiary/aromatic N) is 2. The van der Waals surface area contributed by atoms with Crippen molar-refractivity contribution < 1.29 is 4.79 Å². The maximum Gasteiger partial charge on any atom is 0.242 e. The lowest BCUT2D eigenvalue weighted by atomic mass is 10.1. The second-order valence-electron chi connectivity index (χ2n) is 6.74. The topological polar surface area (TPSA) is 37.3 Å². The zero-order chi connectivity index (χ0) is 14.6. The first kappa shape index (κ1) is 15.1. The normalized spacial score (nSPS) is 16.4. The molecule has 0 aliphatic carbocycles. The molecule has 4 heteroatoms. The van der Waals surface area contributed by atoms with Crippen LogP contribution in [0.4, 0.5) is 0 Å². The van der Waals surface area contributed by atoms with Gasteiger partial charge in [0, 0.05) is 37.6 Å². The van der Waals surface area contributed by atoms with E-state index in [1.165, 1.54) is 12.0 Å². The Hall–Kier alpha value is -1.29. The summed E-state index contributed by atoms with van der Waals surface area (Å²) in [6.45, 7) is 9.64. The van der Waals surface area contributed by atoms with Crippen molar-refractivity contribution in [2.45, 2.75) is 58.7 Å². The van der Waals surface area contributed by atoms with Gasteiger partial charge < -0.3 is 14.8 Å². The van der Waals surface area contributed by atoms with Crippen LogP contribution < -0.4 is 5.32 Å². The van der Waals surface area contributed by atoms with Gasteiger partial charge in [0.25, 0.3) is 0 Å². The summed E-state index contributed by atoms with van der Waals surface area (Å²) in [6.07, 6.45) is 7.63. The summed E-state index contributed by atoms with van der Waals surface area (Å²) in [5.41, 5.74) is 1.34. The van der Waals surface area contributed by atoms with Gasteiger partial charge in [0.1, 0.15) is 6.54 Å². The fraction of sp³-hybridized carbons (Fsp3) is 0.688. The summed E-state index contributed by atoms with van der Waals surface area (Å²) >= 11 is 0. The predicted molar refractivity (Wildman–Crippen MR) is 81.5 cm³/mol. The van der Waals surface area contributed by atoms with Crippen molar-refractivity contribution in [1.29, 1.82) is 0 Å². The Bertz CT molecular complexity index is 439. The van der Waals surface area contributed by atoms with Crippen LogP contribution in [0.25, 0.3) is 0 Å². The standard InChI is InChI=1S/C16H27N3O/c1-16(2,3)17-11-14-7-10-18(12-14)13-15(20)19-8-5-4-6-9-19/h7,10,12,17H,4-6,8-9,11,13H2,1-3H3. The molecule has 4 nitrogen and oxygen atoms in total. The number of hydrogen-bond donors (Lipinski definition) is 1. The summed E-state index contributed by atoms with van der Waals surface area (Å²) in [7, 11) is 0. The number of aromatic nitrogens is 1. The van der Waals surface area contributed by atoms with Gasteiger partial charge >= 0.3 is 0 Å². The Kier molecular flexibility index (Phi) is 4.86. The first-order valence-electron chi connectivity index (χ1n) is 7.61. The SMILES string of the molecule is CC(C)(C)NCc1ccn(CC(=O)N2CCCCC2)c1. The Morgan fingerprint density at radius 3 is 2.60 bits per heavy atom. The van der Waals surface area contributed by atoms with Gasteiger partial charge in [0.05, 0.1) is 0 Å². The Balaban J connectivity index is 1.84. The molecule has 0 saturated carbocycles. The van der Waals surface area contributed by atoms with Crippen molar-refractivity contribution >= 4 is 5.91 Å². The van der Waals surface area contributed by atoms with E-state index in [2.05, 4.69) is 38.4 Å². The van der Waals surface area contributed by atoms with Crippen molar-refractivity contribution in [2.75, 3.05) is 13.1 Å². The van der Waals surface area contributed by atoms with Gasteiger partial charge in [-0.1, -0.05) is 0 Å². The van der Waals surface area contributed by atoms with E-state index in [0.717, 1.165) is 32.5 Å². The van der Waals surface area contributed by atoms with E-state index in [-0.39, 0.29) is 11.4 Å². The average Bonchev–Trinajstić information content (AvgIpc) is 2.84. The van der Waals surface area contributed by atoms with E-state index in [0.29, 0.717) is 6.54 Å².